The highest BCUT2D eigenvalue weighted by atomic mass is 16.2. The van der Waals surface area contributed by atoms with E-state index >= 15 is 0 Å². The van der Waals surface area contributed by atoms with Crippen LogP contribution in [0.2, 0.25) is 0 Å². The van der Waals surface area contributed by atoms with Gasteiger partial charge in [-0.15, -0.1) is 0 Å². The number of aromatic nitrogens is 4. The summed E-state index contributed by atoms with van der Waals surface area (Å²) in [6, 6.07) is 13.2. The third-order valence-corrected chi connectivity index (χ3v) is 4.28. The summed E-state index contributed by atoms with van der Waals surface area (Å²) in [5.41, 5.74) is 8.58. The molecule has 130 valence electrons. The van der Waals surface area contributed by atoms with Gasteiger partial charge in [-0.2, -0.15) is 0 Å². The molecule has 0 radical (unpaired) electrons. The number of hydrogen-bond donors (Lipinski definition) is 2. The third-order valence-electron chi connectivity index (χ3n) is 4.28. The van der Waals surface area contributed by atoms with Gasteiger partial charge >= 0.3 is 0 Å². The molecule has 1 aromatic carbocycles. The largest absolute Gasteiger partial charge is 0.381 e. The van der Waals surface area contributed by atoms with E-state index in [1.54, 1.807) is 16.8 Å². The molecule has 3 N–H and O–H groups in total. The van der Waals surface area contributed by atoms with E-state index in [1.165, 1.54) is 0 Å². The fraction of sp³-hybridized carbons (Fsp3) is 0.158. The Morgan fingerprint density at radius 2 is 1.88 bits per heavy atom. The van der Waals surface area contributed by atoms with Crippen LogP contribution >= 0.6 is 0 Å². The number of nitrogen functional groups attached to an aromatic ring is 1. The van der Waals surface area contributed by atoms with Crippen molar-refractivity contribution in [2.45, 2.75) is 19.4 Å². The fourth-order valence-corrected chi connectivity index (χ4v) is 2.94. The lowest BCUT2D eigenvalue weighted by Crippen LogP contribution is -2.42. The fourth-order valence-electron chi connectivity index (χ4n) is 2.94. The van der Waals surface area contributed by atoms with Crippen molar-refractivity contribution in [1.82, 2.24) is 24.7 Å². The molecule has 4 aromatic rings. The number of fused-ring (bicyclic) bond motifs is 3. The van der Waals surface area contributed by atoms with Crippen LogP contribution in [0, 0.1) is 0 Å². The SMILES string of the molecule is CC(C)(NC(=O)c1cn2c(nc3ccccc32)c(N)n1)c1ccccn1. The van der Waals surface area contributed by atoms with E-state index in [4.69, 9.17) is 5.73 Å². The lowest BCUT2D eigenvalue weighted by Gasteiger charge is -2.25. The number of anilines is 1. The van der Waals surface area contributed by atoms with Crippen molar-refractivity contribution >= 4 is 28.4 Å². The molecular weight excluding hydrogens is 328 g/mol. The van der Waals surface area contributed by atoms with Crippen molar-refractivity contribution < 1.29 is 4.79 Å². The van der Waals surface area contributed by atoms with Crippen LogP contribution in [-0.4, -0.2) is 25.3 Å². The van der Waals surface area contributed by atoms with E-state index in [2.05, 4.69) is 20.3 Å². The van der Waals surface area contributed by atoms with Gasteiger partial charge < -0.3 is 11.1 Å². The zero-order valence-electron chi connectivity index (χ0n) is 14.5. The van der Waals surface area contributed by atoms with Gasteiger partial charge in [0.1, 0.15) is 5.69 Å². The second kappa shape index (κ2) is 5.80. The molecular formula is C19H18N6O. The van der Waals surface area contributed by atoms with Gasteiger partial charge in [0.2, 0.25) is 0 Å². The second-order valence-electron chi connectivity index (χ2n) is 6.60. The predicted octanol–water partition coefficient (Wildman–Crippen LogP) is 2.52. The Balaban J connectivity index is 1.74. The number of imidazole rings is 1. The molecule has 7 nitrogen and oxygen atoms in total. The monoisotopic (exact) mass is 346 g/mol. The first-order valence-corrected chi connectivity index (χ1v) is 8.23. The van der Waals surface area contributed by atoms with Crippen molar-refractivity contribution in [3.05, 3.63) is 66.2 Å². The van der Waals surface area contributed by atoms with Gasteiger partial charge in [-0.05, 0) is 38.1 Å². The Labute approximate surface area is 149 Å². The number of hydrogen-bond acceptors (Lipinski definition) is 5. The van der Waals surface area contributed by atoms with E-state index in [0.717, 1.165) is 16.7 Å². The maximum Gasteiger partial charge on any atom is 0.272 e. The van der Waals surface area contributed by atoms with Crippen LogP contribution in [0.25, 0.3) is 16.7 Å². The second-order valence-corrected chi connectivity index (χ2v) is 6.60. The van der Waals surface area contributed by atoms with Gasteiger partial charge in [-0.25, -0.2) is 9.97 Å². The molecule has 4 rings (SSSR count). The van der Waals surface area contributed by atoms with Gasteiger partial charge in [0.05, 0.1) is 22.3 Å². The van der Waals surface area contributed by atoms with E-state index in [9.17, 15) is 4.79 Å². The van der Waals surface area contributed by atoms with Crippen LogP contribution in [0.15, 0.2) is 54.9 Å². The van der Waals surface area contributed by atoms with Crippen molar-refractivity contribution in [1.29, 1.82) is 0 Å². The highest BCUT2D eigenvalue weighted by molar-refractivity contribution is 5.94. The summed E-state index contributed by atoms with van der Waals surface area (Å²) in [6.07, 6.45) is 3.36. The van der Waals surface area contributed by atoms with E-state index < -0.39 is 5.54 Å². The van der Waals surface area contributed by atoms with Crippen LogP contribution < -0.4 is 11.1 Å². The summed E-state index contributed by atoms with van der Waals surface area (Å²) in [5.74, 6) is -0.114. The van der Waals surface area contributed by atoms with Crippen LogP contribution in [0.4, 0.5) is 5.82 Å². The number of nitrogens with zero attached hydrogens (tertiary/aromatic N) is 4. The third kappa shape index (κ3) is 2.63. The Morgan fingerprint density at radius 1 is 1.12 bits per heavy atom. The summed E-state index contributed by atoms with van der Waals surface area (Å²) in [5, 5.41) is 2.97. The summed E-state index contributed by atoms with van der Waals surface area (Å²) in [7, 11) is 0. The van der Waals surface area contributed by atoms with E-state index in [1.807, 2.05) is 56.3 Å². The zero-order chi connectivity index (χ0) is 18.3. The number of nitrogens with one attached hydrogen (secondary N) is 1. The zero-order valence-corrected chi connectivity index (χ0v) is 14.5. The average molecular weight is 346 g/mol. The van der Waals surface area contributed by atoms with Gasteiger partial charge in [0, 0.05) is 12.4 Å². The van der Waals surface area contributed by atoms with Gasteiger partial charge in [0.15, 0.2) is 11.5 Å². The molecule has 7 heteroatoms. The first kappa shape index (κ1) is 16.0. The minimum absolute atomic E-state index is 0.212. The number of carbonyl (C=O) groups excluding carboxylic acids is 1. The number of nitrogens with two attached hydrogens (primary N) is 1. The number of amides is 1. The molecule has 0 aliphatic carbocycles. The normalized spacial score (nSPS) is 11.8. The quantitative estimate of drug-likeness (QED) is 0.594. The first-order chi connectivity index (χ1) is 12.5. The molecule has 0 bridgehead atoms. The first-order valence-electron chi connectivity index (χ1n) is 8.23. The minimum Gasteiger partial charge on any atom is -0.381 e. The van der Waals surface area contributed by atoms with Crippen molar-refractivity contribution in [2.75, 3.05) is 5.73 Å². The molecule has 26 heavy (non-hydrogen) atoms. The number of para-hydroxylation sites is 2. The Hall–Kier alpha value is -3.48. The Morgan fingerprint density at radius 3 is 2.65 bits per heavy atom. The molecule has 3 aromatic heterocycles. The van der Waals surface area contributed by atoms with E-state index in [-0.39, 0.29) is 17.4 Å². The van der Waals surface area contributed by atoms with Gasteiger partial charge in [0.25, 0.3) is 5.91 Å². The van der Waals surface area contributed by atoms with Crippen molar-refractivity contribution in [2.24, 2.45) is 0 Å². The molecule has 0 atom stereocenters. The smallest absolute Gasteiger partial charge is 0.272 e. The summed E-state index contributed by atoms with van der Waals surface area (Å²) in [4.78, 5) is 25.8. The molecule has 0 aliphatic heterocycles. The molecule has 0 saturated carbocycles. The number of rotatable bonds is 3. The predicted molar refractivity (Wildman–Crippen MR) is 99.6 cm³/mol. The number of pyridine rings is 1. The molecule has 3 heterocycles. The summed E-state index contributed by atoms with van der Waals surface area (Å²) >= 11 is 0. The molecule has 0 spiro atoms. The highest BCUT2D eigenvalue weighted by Gasteiger charge is 2.26. The average Bonchev–Trinajstić information content (AvgIpc) is 3.01. The summed E-state index contributed by atoms with van der Waals surface area (Å²) < 4.78 is 1.79. The maximum atomic E-state index is 12.8. The standard InChI is InChI=1S/C19H18N6O/c1-19(2,15-9-5-6-10-21-15)24-18(26)13-11-25-14-8-4-3-7-12(14)23-17(25)16(20)22-13/h3-11H,1-2H3,(H2,20,22)(H,24,26). The summed E-state index contributed by atoms with van der Waals surface area (Å²) in [6.45, 7) is 3.78. The van der Waals surface area contributed by atoms with Gasteiger partial charge in [-0.1, -0.05) is 18.2 Å². The van der Waals surface area contributed by atoms with E-state index in [0.29, 0.717) is 5.65 Å². The topological polar surface area (TPSA) is 98.2 Å². The van der Waals surface area contributed by atoms with Crippen LogP contribution in [-0.2, 0) is 5.54 Å². The Kier molecular flexibility index (Phi) is 3.57. The van der Waals surface area contributed by atoms with Crippen molar-refractivity contribution in [3.63, 3.8) is 0 Å². The minimum atomic E-state index is -0.652. The molecule has 0 fully saturated rings. The van der Waals surface area contributed by atoms with Crippen LogP contribution in [0.3, 0.4) is 0 Å². The van der Waals surface area contributed by atoms with Crippen LogP contribution in [0.5, 0.6) is 0 Å². The lowest BCUT2D eigenvalue weighted by atomic mass is 9.99. The molecule has 0 saturated heterocycles. The van der Waals surface area contributed by atoms with Gasteiger partial charge in [-0.3, -0.25) is 14.2 Å². The molecule has 0 unspecified atom stereocenters. The number of benzene rings is 1. The number of carbonyl (C=O) groups is 1. The maximum absolute atomic E-state index is 12.8. The highest BCUT2D eigenvalue weighted by Crippen LogP contribution is 2.21. The van der Waals surface area contributed by atoms with Crippen molar-refractivity contribution in [3.8, 4) is 0 Å². The molecule has 1 amide bonds. The van der Waals surface area contributed by atoms with Crippen LogP contribution in [0.1, 0.15) is 30.0 Å². The Bertz CT molecular complexity index is 1120. The lowest BCUT2D eigenvalue weighted by molar-refractivity contribution is 0.0905. The molecule has 0 aliphatic rings.